The van der Waals surface area contributed by atoms with Gasteiger partial charge >= 0.3 is 6.09 Å². The molecule has 0 fully saturated rings. The molecule has 116 valence electrons. The molecule has 0 atom stereocenters. The first-order valence-electron chi connectivity index (χ1n) is 7.58. The lowest BCUT2D eigenvalue weighted by Crippen LogP contribution is -2.39. The first-order valence-corrected chi connectivity index (χ1v) is 7.58. The zero-order chi connectivity index (χ0) is 15.7. The highest BCUT2D eigenvalue weighted by Crippen LogP contribution is 2.30. The van der Waals surface area contributed by atoms with E-state index in [-0.39, 0.29) is 6.09 Å². The van der Waals surface area contributed by atoms with Crippen molar-refractivity contribution in [3.63, 3.8) is 0 Å². The van der Waals surface area contributed by atoms with E-state index in [0.717, 1.165) is 29.9 Å². The minimum absolute atomic E-state index is 0.305. The van der Waals surface area contributed by atoms with Crippen molar-refractivity contribution in [3.8, 4) is 5.69 Å². The maximum absolute atomic E-state index is 12.4. The monoisotopic (exact) mass is 299 g/mol. The molecule has 1 aliphatic rings. The Hall–Kier alpha value is -2.30. The summed E-state index contributed by atoms with van der Waals surface area (Å²) in [5.41, 5.74) is 2.42. The summed E-state index contributed by atoms with van der Waals surface area (Å²) in [6.45, 7) is 6.30. The molecule has 0 saturated carbocycles. The lowest BCUT2D eigenvalue weighted by atomic mass is 10.1. The zero-order valence-electron chi connectivity index (χ0n) is 13.2. The van der Waals surface area contributed by atoms with Crippen molar-refractivity contribution < 1.29 is 9.53 Å². The molecule has 0 aliphatic carbocycles. The van der Waals surface area contributed by atoms with Crippen LogP contribution >= 0.6 is 0 Å². The molecule has 0 spiro atoms. The molecule has 0 unspecified atom stereocenters. The Bertz CT molecular complexity index is 671. The third kappa shape index (κ3) is 2.84. The van der Waals surface area contributed by atoms with Gasteiger partial charge in [0, 0.05) is 6.54 Å². The Labute approximate surface area is 130 Å². The van der Waals surface area contributed by atoms with Gasteiger partial charge in [-0.2, -0.15) is 5.10 Å². The third-order valence-corrected chi connectivity index (χ3v) is 3.55. The molecule has 1 aliphatic heterocycles. The van der Waals surface area contributed by atoms with Crippen LogP contribution in [0, 0.1) is 0 Å². The van der Waals surface area contributed by atoms with Gasteiger partial charge in [-0.25, -0.2) is 9.48 Å². The highest BCUT2D eigenvalue weighted by atomic mass is 16.6. The van der Waals surface area contributed by atoms with Gasteiger partial charge in [-0.15, -0.1) is 0 Å². The van der Waals surface area contributed by atoms with Crippen molar-refractivity contribution in [2.45, 2.75) is 39.2 Å². The van der Waals surface area contributed by atoms with Crippen molar-refractivity contribution in [2.24, 2.45) is 0 Å². The molecular formula is C17H21N3O2. The van der Waals surface area contributed by atoms with Gasteiger partial charge in [0.05, 0.1) is 23.3 Å². The van der Waals surface area contributed by atoms with Crippen molar-refractivity contribution >= 4 is 11.8 Å². The highest BCUT2D eigenvalue weighted by molar-refractivity contribution is 5.89. The number of para-hydroxylation sites is 1. The molecule has 1 amide bonds. The number of nitrogens with zero attached hydrogens (tertiary/aromatic N) is 3. The molecule has 22 heavy (non-hydrogen) atoms. The number of hydrogen-bond acceptors (Lipinski definition) is 3. The number of carbonyl (C=O) groups excluding carboxylic acids is 1. The van der Waals surface area contributed by atoms with Gasteiger partial charge in [0.1, 0.15) is 5.60 Å². The quantitative estimate of drug-likeness (QED) is 0.809. The van der Waals surface area contributed by atoms with Crippen LogP contribution in [0.4, 0.5) is 10.5 Å². The summed E-state index contributed by atoms with van der Waals surface area (Å²) >= 11 is 0. The summed E-state index contributed by atoms with van der Waals surface area (Å²) in [6.07, 6.45) is 3.26. The predicted octanol–water partition coefficient (Wildman–Crippen LogP) is 3.56. The maximum atomic E-state index is 12.4. The van der Waals surface area contributed by atoms with E-state index in [0.29, 0.717) is 6.54 Å². The Morgan fingerprint density at radius 2 is 1.95 bits per heavy atom. The fourth-order valence-electron chi connectivity index (χ4n) is 2.65. The van der Waals surface area contributed by atoms with E-state index in [9.17, 15) is 4.79 Å². The molecule has 0 saturated heterocycles. The lowest BCUT2D eigenvalue weighted by Gasteiger charge is -2.30. The summed E-state index contributed by atoms with van der Waals surface area (Å²) in [6, 6.07) is 9.97. The van der Waals surface area contributed by atoms with Crippen LogP contribution in [0.15, 0.2) is 36.5 Å². The first kappa shape index (κ1) is 14.6. The third-order valence-electron chi connectivity index (χ3n) is 3.55. The largest absolute Gasteiger partial charge is 0.443 e. The molecule has 0 radical (unpaired) electrons. The van der Waals surface area contributed by atoms with Gasteiger partial charge in [-0.05, 0) is 45.7 Å². The van der Waals surface area contributed by atoms with Crippen LogP contribution in [0.1, 0.15) is 32.9 Å². The molecule has 5 heteroatoms. The van der Waals surface area contributed by atoms with E-state index in [1.165, 1.54) is 0 Å². The van der Waals surface area contributed by atoms with Gasteiger partial charge in [-0.3, -0.25) is 4.90 Å². The SMILES string of the molecule is CC(C)(C)OC(=O)N1CCCc2c1cnn2-c1ccccc1. The molecule has 0 N–H and O–H groups in total. The highest BCUT2D eigenvalue weighted by Gasteiger charge is 2.29. The van der Waals surface area contributed by atoms with E-state index in [2.05, 4.69) is 5.10 Å². The molecule has 1 aromatic heterocycles. The molecule has 5 nitrogen and oxygen atoms in total. The van der Waals surface area contributed by atoms with Gasteiger partial charge in [0.2, 0.25) is 0 Å². The molecule has 1 aromatic carbocycles. The lowest BCUT2D eigenvalue weighted by molar-refractivity contribution is 0.0577. The number of fused-ring (bicyclic) bond motifs is 1. The second-order valence-corrected chi connectivity index (χ2v) is 6.46. The van der Waals surface area contributed by atoms with Crippen LogP contribution in [0.25, 0.3) is 5.69 Å². The smallest absolute Gasteiger partial charge is 0.414 e. The van der Waals surface area contributed by atoms with Crippen LogP contribution in [0.2, 0.25) is 0 Å². The van der Waals surface area contributed by atoms with Gasteiger partial charge in [-0.1, -0.05) is 18.2 Å². The number of hydrogen-bond donors (Lipinski definition) is 0. The first-order chi connectivity index (χ1) is 10.5. The molecule has 3 rings (SSSR count). The van der Waals surface area contributed by atoms with E-state index in [4.69, 9.17) is 4.74 Å². The van der Waals surface area contributed by atoms with E-state index < -0.39 is 5.60 Å². The van der Waals surface area contributed by atoms with Crippen LogP contribution in [-0.4, -0.2) is 28.0 Å². The van der Waals surface area contributed by atoms with Gasteiger partial charge in [0.25, 0.3) is 0 Å². The zero-order valence-corrected chi connectivity index (χ0v) is 13.2. The molecule has 0 bridgehead atoms. The van der Waals surface area contributed by atoms with Crippen LogP contribution in [0.5, 0.6) is 0 Å². The van der Waals surface area contributed by atoms with E-state index in [1.54, 1.807) is 11.1 Å². The van der Waals surface area contributed by atoms with Gasteiger partial charge < -0.3 is 4.74 Å². The Kier molecular flexibility index (Phi) is 3.64. The summed E-state index contributed by atoms with van der Waals surface area (Å²) in [4.78, 5) is 14.1. The number of amides is 1. The van der Waals surface area contributed by atoms with Crippen LogP contribution in [-0.2, 0) is 11.2 Å². The number of ether oxygens (including phenoxy) is 1. The van der Waals surface area contributed by atoms with Crippen molar-refractivity contribution in [2.75, 3.05) is 11.4 Å². The topological polar surface area (TPSA) is 47.4 Å². The minimum atomic E-state index is -0.496. The summed E-state index contributed by atoms with van der Waals surface area (Å²) < 4.78 is 7.41. The van der Waals surface area contributed by atoms with Crippen molar-refractivity contribution in [1.29, 1.82) is 0 Å². The number of carbonyl (C=O) groups is 1. The van der Waals surface area contributed by atoms with Crippen LogP contribution < -0.4 is 4.90 Å². The average Bonchev–Trinajstić information content (AvgIpc) is 2.90. The molecular weight excluding hydrogens is 278 g/mol. The maximum Gasteiger partial charge on any atom is 0.414 e. The fraction of sp³-hybridized carbons (Fsp3) is 0.412. The number of anilines is 1. The average molecular weight is 299 g/mol. The molecule has 2 aromatic rings. The van der Waals surface area contributed by atoms with Crippen molar-refractivity contribution in [3.05, 3.63) is 42.2 Å². The van der Waals surface area contributed by atoms with Crippen molar-refractivity contribution in [1.82, 2.24) is 9.78 Å². The Balaban J connectivity index is 1.92. The predicted molar refractivity (Wildman–Crippen MR) is 85.5 cm³/mol. The summed E-state index contributed by atoms with van der Waals surface area (Å²) in [7, 11) is 0. The minimum Gasteiger partial charge on any atom is -0.443 e. The van der Waals surface area contributed by atoms with Gasteiger partial charge in [0.15, 0.2) is 0 Å². The fourth-order valence-corrected chi connectivity index (χ4v) is 2.65. The Morgan fingerprint density at radius 3 is 2.64 bits per heavy atom. The second-order valence-electron chi connectivity index (χ2n) is 6.46. The second kappa shape index (κ2) is 5.48. The summed E-state index contributed by atoms with van der Waals surface area (Å²) in [5.74, 6) is 0. The van der Waals surface area contributed by atoms with E-state index in [1.807, 2.05) is 55.8 Å². The number of rotatable bonds is 1. The molecule has 2 heterocycles. The standard InChI is InChI=1S/C17H21N3O2/c1-17(2,3)22-16(21)19-11-7-10-14-15(19)12-18-20(14)13-8-5-4-6-9-13/h4-6,8-9,12H,7,10-11H2,1-3H3. The van der Waals surface area contributed by atoms with Crippen LogP contribution in [0.3, 0.4) is 0 Å². The normalized spacial score (nSPS) is 14.6. The Morgan fingerprint density at radius 1 is 1.23 bits per heavy atom. The number of aromatic nitrogens is 2. The number of benzene rings is 1. The summed E-state index contributed by atoms with van der Waals surface area (Å²) in [5, 5.41) is 4.46. The van der Waals surface area contributed by atoms with E-state index >= 15 is 0 Å².